The molecule has 0 radical (unpaired) electrons. The van der Waals surface area contributed by atoms with Gasteiger partial charge in [0.25, 0.3) is 0 Å². The van der Waals surface area contributed by atoms with Gasteiger partial charge in [-0.2, -0.15) is 0 Å². The summed E-state index contributed by atoms with van der Waals surface area (Å²) >= 11 is 0. The van der Waals surface area contributed by atoms with Crippen molar-refractivity contribution in [3.05, 3.63) is 0 Å². The monoisotopic (exact) mass is 198 g/mol. The minimum absolute atomic E-state index is 0.0280. The molecule has 1 N–H and O–H groups in total. The Morgan fingerprint density at radius 3 is 2.57 bits per heavy atom. The van der Waals surface area contributed by atoms with Crippen LogP contribution in [-0.2, 0) is 4.79 Å². The molecule has 1 rings (SSSR count). The van der Waals surface area contributed by atoms with Crippen molar-refractivity contribution in [2.45, 2.75) is 52.1 Å². The van der Waals surface area contributed by atoms with Crippen molar-refractivity contribution in [3.63, 3.8) is 0 Å². The number of amides is 1. The van der Waals surface area contributed by atoms with Gasteiger partial charge in [0.1, 0.15) is 0 Å². The maximum atomic E-state index is 11.9. The van der Waals surface area contributed by atoms with Crippen LogP contribution in [0.1, 0.15) is 40.5 Å². The number of hydrogen-bond acceptors (Lipinski definition) is 2. The van der Waals surface area contributed by atoms with Gasteiger partial charge in [-0.15, -0.1) is 0 Å². The van der Waals surface area contributed by atoms with E-state index in [1.54, 1.807) is 0 Å². The van der Waals surface area contributed by atoms with E-state index in [4.69, 9.17) is 0 Å². The smallest absolute Gasteiger partial charge is 0.240 e. The SMILES string of the molecule is CCCNC1CCN(C(C)(C)C)C1=O. The molecule has 14 heavy (non-hydrogen) atoms. The molecule has 1 aliphatic heterocycles. The largest absolute Gasteiger partial charge is 0.336 e. The summed E-state index contributed by atoms with van der Waals surface area (Å²) in [5.74, 6) is 0.269. The van der Waals surface area contributed by atoms with Gasteiger partial charge >= 0.3 is 0 Å². The third-order valence-corrected chi connectivity index (χ3v) is 2.66. The Kier molecular flexibility index (Phi) is 3.53. The van der Waals surface area contributed by atoms with Gasteiger partial charge in [0, 0.05) is 12.1 Å². The Morgan fingerprint density at radius 1 is 1.50 bits per heavy atom. The number of nitrogens with zero attached hydrogens (tertiary/aromatic N) is 1. The van der Waals surface area contributed by atoms with E-state index >= 15 is 0 Å². The van der Waals surface area contributed by atoms with Crippen LogP contribution in [0.5, 0.6) is 0 Å². The maximum Gasteiger partial charge on any atom is 0.240 e. The summed E-state index contributed by atoms with van der Waals surface area (Å²) in [7, 11) is 0. The Bertz CT molecular complexity index is 208. The number of carbonyl (C=O) groups is 1. The molecule has 1 fully saturated rings. The van der Waals surface area contributed by atoms with Crippen LogP contribution in [0.3, 0.4) is 0 Å². The number of nitrogens with one attached hydrogen (secondary N) is 1. The summed E-state index contributed by atoms with van der Waals surface area (Å²) in [4.78, 5) is 13.9. The predicted molar refractivity (Wildman–Crippen MR) is 58.2 cm³/mol. The average molecular weight is 198 g/mol. The second-order valence-corrected chi connectivity index (χ2v) is 4.96. The Morgan fingerprint density at radius 2 is 2.14 bits per heavy atom. The zero-order valence-corrected chi connectivity index (χ0v) is 9.76. The lowest BCUT2D eigenvalue weighted by Gasteiger charge is -2.32. The molecule has 0 aromatic heterocycles. The number of hydrogen-bond donors (Lipinski definition) is 1. The molecule has 3 heteroatoms. The minimum Gasteiger partial charge on any atom is -0.336 e. The topological polar surface area (TPSA) is 32.3 Å². The molecule has 1 unspecified atom stereocenters. The number of likely N-dealkylation sites (tertiary alicyclic amines) is 1. The molecule has 1 aliphatic rings. The molecule has 0 aromatic rings. The summed E-state index contributed by atoms with van der Waals surface area (Å²) in [6.07, 6.45) is 2.04. The molecule has 1 atom stereocenters. The van der Waals surface area contributed by atoms with Crippen molar-refractivity contribution in [2.24, 2.45) is 0 Å². The lowest BCUT2D eigenvalue weighted by molar-refractivity contribution is -0.133. The van der Waals surface area contributed by atoms with Gasteiger partial charge in [-0.3, -0.25) is 4.79 Å². The molecular formula is C11H22N2O. The molecule has 0 bridgehead atoms. The maximum absolute atomic E-state index is 11.9. The number of carbonyl (C=O) groups excluding carboxylic acids is 1. The summed E-state index contributed by atoms with van der Waals surface area (Å²) in [5.41, 5.74) is -0.0280. The van der Waals surface area contributed by atoms with Gasteiger partial charge in [0.2, 0.25) is 5.91 Å². The molecule has 1 heterocycles. The molecular weight excluding hydrogens is 176 g/mol. The van der Waals surface area contributed by atoms with Crippen LogP contribution >= 0.6 is 0 Å². The van der Waals surface area contributed by atoms with Gasteiger partial charge < -0.3 is 10.2 Å². The lowest BCUT2D eigenvalue weighted by Crippen LogP contribution is -2.46. The molecule has 0 saturated carbocycles. The van der Waals surface area contributed by atoms with Crippen LogP contribution in [0.15, 0.2) is 0 Å². The summed E-state index contributed by atoms with van der Waals surface area (Å²) in [6, 6.07) is 0.0641. The molecule has 82 valence electrons. The van der Waals surface area contributed by atoms with E-state index in [1.807, 2.05) is 4.90 Å². The highest BCUT2D eigenvalue weighted by Crippen LogP contribution is 2.21. The second kappa shape index (κ2) is 4.30. The minimum atomic E-state index is -0.0280. The van der Waals surface area contributed by atoms with Crippen LogP contribution in [-0.4, -0.2) is 35.5 Å². The Balaban J connectivity index is 2.52. The van der Waals surface area contributed by atoms with Crippen LogP contribution in [0.2, 0.25) is 0 Å². The van der Waals surface area contributed by atoms with Crippen molar-refractivity contribution in [1.29, 1.82) is 0 Å². The van der Waals surface area contributed by atoms with Gasteiger partial charge in [-0.25, -0.2) is 0 Å². The fourth-order valence-corrected chi connectivity index (χ4v) is 1.85. The summed E-state index contributed by atoms with van der Waals surface area (Å²) in [5, 5.41) is 3.29. The highest BCUT2D eigenvalue weighted by atomic mass is 16.2. The normalized spacial score (nSPS) is 23.3. The highest BCUT2D eigenvalue weighted by molar-refractivity contribution is 5.84. The van der Waals surface area contributed by atoms with Gasteiger partial charge in [-0.05, 0) is 40.2 Å². The van der Waals surface area contributed by atoms with E-state index in [0.717, 1.165) is 25.9 Å². The molecule has 0 aromatic carbocycles. The van der Waals surface area contributed by atoms with Gasteiger partial charge in [-0.1, -0.05) is 6.92 Å². The number of rotatable bonds is 3. The Hall–Kier alpha value is -0.570. The van der Waals surface area contributed by atoms with Crippen LogP contribution in [0.4, 0.5) is 0 Å². The molecule has 0 spiro atoms. The molecule has 3 nitrogen and oxygen atoms in total. The zero-order chi connectivity index (χ0) is 10.8. The quantitative estimate of drug-likeness (QED) is 0.743. The lowest BCUT2D eigenvalue weighted by atomic mass is 10.1. The van der Waals surface area contributed by atoms with Crippen molar-refractivity contribution in [2.75, 3.05) is 13.1 Å². The van der Waals surface area contributed by atoms with E-state index in [-0.39, 0.29) is 17.5 Å². The van der Waals surface area contributed by atoms with E-state index < -0.39 is 0 Å². The predicted octanol–water partition coefficient (Wildman–Crippen LogP) is 1.39. The van der Waals surface area contributed by atoms with Crippen molar-refractivity contribution >= 4 is 5.91 Å². The first-order chi connectivity index (χ1) is 6.46. The van der Waals surface area contributed by atoms with E-state index in [1.165, 1.54) is 0 Å². The summed E-state index contributed by atoms with van der Waals surface area (Å²) in [6.45, 7) is 10.2. The third kappa shape index (κ3) is 2.47. The van der Waals surface area contributed by atoms with E-state index in [9.17, 15) is 4.79 Å². The van der Waals surface area contributed by atoms with Gasteiger partial charge in [0.15, 0.2) is 0 Å². The van der Waals surface area contributed by atoms with Crippen LogP contribution in [0, 0.1) is 0 Å². The fraction of sp³-hybridized carbons (Fsp3) is 0.909. The standard InChI is InChI=1S/C11H22N2O/c1-5-7-12-9-6-8-13(10(9)14)11(2,3)4/h9,12H,5-8H2,1-4H3. The van der Waals surface area contributed by atoms with Gasteiger partial charge in [0.05, 0.1) is 6.04 Å². The van der Waals surface area contributed by atoms with Crippen molar-refractivity contribution in [3.8, 4) is 0 Å². The first kappa shape index (κ1) is 11.5. The molecule has 1 saturated heterocycles. The third-order valence-electron chi connectivity index (χ3n) is 2.66. The van der Waals surface area contributed by atoms with Crippen LogP contribution < -0.4 is 5.32 Å². The van der Waals surface area contributed by atoms with Crippen molar-refractivity contribution < 1.29 is 4.79 Å². The first-order valence-corrected chi connectivity index (χ1v) is 5.51. The molecule has 1 amide bonds. The second-order valence-electron chi connectivity index (χ2n) is 4.96. The van der Waals surface area contributed by atoms with Crippen LogP contribution in [0.25, 0.3) is 0 Å². The highest BCUT2D eigenvalue weighted by Gasteiger charge is 2.36. The zero-order valence-electron chi connectivity index (χ0n) is 9.76. The average Bonchev–Trinajstić information content (AvgIpc) is 2.42. The molecule has 0 aliphatic carbocycles. The summed E-state index contributed by atoms with van der Waals surface area (Å²) < 4.78 is 0. The van der Waals surface area contributed by atoms with E-state index in [2.05, 4.69) is 33.0 Å². The first-order valence-electron chi connectivity index (χ1n) is 5.51. The fourth-order valence-electron chi connectivity index (χ4n) is 1.85. The van der Waals surface area contributed by atoms with Crippen molar-refractivity contribution in [1.82, 2.24) is 10.2 Å². The Labute approximate surface area is 86.9 Å². The van der Waals surface area contributed by atoms with E-state index in [0.29, 0.717) is 0 Å².